The van der Waals surface area contributed by atoms with Crippen LogP contribution in [0.5, 0.6) is 0 Å². The van der Waals surface area contributed by atoms with E-state index in [4.69, 9.17) is 0 Å². The second-order valence-corrected chi connectivity index (χ2v) is 4.45. The molecule has 1 N–H and O–H groups in total. The van der Waals surface area contributed by atoms with Crippen LogP contribution in [0.2, 0.25) is 0 Å². The smallest absolute Gasteiger partial charge is 0.123 e. The van der Waals surface area contributed by atoms with Crippen molar-refractivity contribution in [2.24, 2.45) is 5.92 Å². The summed E-state index contributed by atoms with van der Waals surface area (Å²) in [4.78, 5) is 0. The highest BCUT2D eigenvalue weighted by Gasteiger charge is 2.45. The molecule has 0 spiro atoms. The number of hydrogen-bond acceptors (Lipinski definition) is 1. The van der Waals surface area contributed by atoms with Crippen LogP contribution < -0.4 is 5.32 Å². The van der Waals surface area contributed by atoms with Crippen LogP contribution in [0.15, 0.2) is 18.2 Å². The molecule has 1 nitrogen and oxygen atoms in total. The van der Waals surface area contributed by atoms with Crippen LogP contribution in [0, 0.1) is 11.7 Å². The van der Waals surface area contributed by atoms with E-state index in [1.807, 2.05) is 13.1 Å². The fraction of sp³-hybridized carbons (Fsp3) is 0.500. The van der Waals surface area contributed by atoms with Gasteiger partial charge in [0.05, 0.1) is 0 Å². The molecule has 1 aromatic rings. The summed E-state index contributed by atoms with van der Waals surface area (Å²) in [6, 6.07) is 5.92. The first-order valence-corrected chi connectivity index (χ1v) is 5.25. The average molecular weight is 191 g/mol. The Labute approximate surface area is 83.3 Å². The van der Waals surface area contributed by atoms with Crippen molar-refractivity contribution in [2.75, 3.05) is 7.05 Å². The zero-order chi connectivity index (χ0) is 9.71. The molecule has 2 aliphatic rings. The fourth-order valence-electron chi connectivity index (χ4n) is 3.05. The predicted molar refractivity (Wildman–Crippen MR) is 53.8 cm³/mol. The summed E-state index contributed by atoms with van der Waals surface area (Å²) >= 11 is 0. The number of halogens is 1. The third-order valence-corrected chi connectivity index (χ3v) is 3.87. The molecule has 1 fully saturated rings. The molecular weight excluding hydrogens is 177 g/mol. The van der Waals surface area contributed by atoms with Gasteiger partial charge in [-0.3, -0.25) is 0 Å². The highest BCUT2D eigenvalue weighted by Crippen LogP contribution is 2.51. The Bertz CT molecular complexity index is 375. The standard InChI is InChI=1S/C12H14FN/c1-14-12-6-10-9-3-2-8(13)4-7(9)5-11(10)12/h2-4,10-12,14H,5-6H2,1H3. The third-order valence-electron chi connectivity index (χ3n) is 3.87. The molecule has 1 aromatic carbocycles. The van der Waals surface area contributed by atoms with Gasteiger partial charge in [-0.25, -0.2) is 4.39 Å². The Morgan fingerprint density at radius 2 is 2.29 bits per heavy atom. The average Bonchev–Trinajstić information content (AvgIpc) is 2.41. The van der Waals surface area contributed by atoms with Crippen LogP contribution in [0.3, 0.4) is 0 Å². The van der Waals surface area contributed by atoms with Crippen LogP contribution >= 0.6 is 0 Å². The van der Waals surface area contributed by atoms with E-state index in [0.29, 0.717) is 12.0 Å². The minimum absolute atomic E-state index is 0.0916. The van der Waals surface area contributed by atoms with Crippen LogP contribution in [-0.4, -0.2) is 13.1 Å². The van der Waals surface area contributed by atoms with Gasteiger partial charge in [0.15, 0.2) is 0 Å². The van der Waals surface area contributed by atoms with E-state index in [0.717, 1.165) is 12.3 Å². The summed E-state index contributed by atoms with van der Waals surface area (Å²) in [5, 5.41) is 3.33. The molecule has 0 aliphatic heterocycles. The van der Waals surface area contributed by atoms with E-state index in [1.165, 1.54) is 17.5 Å². The largest absolute Gasteiger partial charge is 0.317 e. The van der Waals surface area contributed by atoms with Crippen LogP contribution in [-0.2, 0) is 6.42 Å². The summed E-state index contributed by atoms with van der Waals surface area (Å²) < 4.78 is 13.0. The number of benzene rings is 1. The number of rotatable bonds is 1. The van der Waals surface area contributed by atoms with Gasteiger partial charge in [0.1, 0.15) is 5.82 Å². The molecule has 0 radical (unpaired) electrons. The third kappa shape index (κ3) is 0.976. The first kappa shape index (κ1) is 8.42. The van der Waals surface area contributed by atoms with E-state index in [1.54, 1.807) is 12.1 Å². The second-order valence-electron chi connectivity index (χ2n) is 4.45. The Hall–Kier alpha value is -0.890. The molecule has 0 amide bonds. The van der Waals surface area contributed by atoms with Gasteiger partial charge >= 0.3 is 0 Å². The molecule has 14 heavy (non-hydrogen) atoms. The topological polar surface area (TPSA) is 12.0 Å². The van der Waals surface area contributed by atoms with Crippen molar-refractivity contribution in [2.45, 2.75) is 24.8 Å². The van der Waals surface area contributed by atoms with Gasteiger partial charge in [-0.1, -0.05) is 6.07 Å². The fourth-order valence-corrected chi connectivity index (χ4v) is 3.05. The molecule has 0 heterocycles. The molecule has 2 heteroatoms. The van der Waals surface area contributed by atoms with Crippen molar-refractivity contribution in [1.82, 2.24) is 5.32 Å². The minimum Gasteiger partial charge on any atom is -0.317 e. The van der Waals surface area contributed by atoms with E-state index in [2.05, 4.69) is 5.32 Å². The van der Waals surface area contributed by atoms with E-state index < -0.39 is 0 Å². The van der Waals surface area contributed by atoms with Gasteiger partial charge in [-0.2, -0.15) is 0 Å². The molecule has 3 rings (SSSR count). The summed E-state index contributed by atoms with van der Waals surface area (Å²) in [6.45, 7) is 0. The lowest BCUT2D eigenvalue weighted by atomic mass is 9.70. The molecule has 3 atom stereocenters. The number of fused-ring (bicyclic) bond motifs is 3. The quantitative estimate of drug-likeness (QED) is 0.716. The molecule has 2 aliphatic carbocycles. The maximum absolute atomic E-state index is 13.0. The zero-order valence-corrected chi connectivity index (χ0v) is 8.26. The lowest BCUT2D eigenvalue weighted by molar-refractivity contribution is 0.194. The highest BCUT2D eigenvalue weighted by atomic mass is 19.1. The Morgan fingerprint density at radius 3 is 3.07 bits per heavy atom. The summed E-state index contributed by atoms with van der Waals surface area (Å²) in [6.07, 6.45) is 2.28. The lowest BCUT2D eigenvalue weighted by Crippen LogP contribution is -2.46. The number of nitrogens with one attached hydrogen (secondary N) is 1. The van der Waals surface area contributed by atoms with Gasteiger partial charge in [-0.15, -0.1) is 0 Å². The SMILES string of the molecule is CNC1CC2c3ccc(F)cc3CC12. The molecular formula is C12H14FN. The first-order valence-electron chi connectivity index (χ1n) is 5.25. The molecule has 1 saturated carbocycles. The molecule has 0 aromatic heterocycles. The van der Waals surface area contributed by atoms with E-state index >= 15 is 0 Å². The highest BCUT2D eigenvalue weighted by molar-refractivity contribution is 5.40. The van der Waals surface area contributed by atoms with Crippen molar-refractivity contribution in [3.63, 3.8) is 0 Å². The monoisotopic (exact) mass is 191 g/mol. The Morgan fingerprint density at radius 1 is 1.43 bits per heavy atom. The van der Waals surface area contributed by atoms with Crippen molar-refractivity contribution >= 4 is 0 Å². The van der Waals surface area contributed by atoms with Crippen LogP contribution in [0.4, 0.5) is 4.39 Å². The van der Waals surface area contributed by atoms with Crippen LogP contribution in [0.25, 0.3) is 0 Å². The van der Waals surface area contributed by atoms with Crippen LogP contribution in [0.1, 0.15) is 23.5 Å². The molecule has 74 valence electrons. The summed E-state index contributed by atoms with van der Waals surface area (Å²) in [5.74, 6) is 1.32. The van der Waals surface area contributed by atoms with Crippen molar-refractivity contribution < 1.29 is 4.39 Å². The van der Waals surface area contributed by atoms with Gasteiger partial charge in [0.25, 0.3) is 0 Å². The second kappa shape index (κ2) is 2.80. The molecule has 3 unspecified atom stereocenters. The van der Waals surface area contributed by atoms with E-state index in [9.17, 15) is 4.39 Å². The zero-order valence-electron chi connectivity index (χ0n) is 8.26. The normalized spacial score (nSPS) is 33.4. The maximum atomic E-state index is 13.0. The lowest BCUT2D eigenvalue weighted by Gasteiger charge is -2.40. The Kier molecular flexibility index (Phi) is 1.68. The summed E-state index contributed by atoms with van der Waals surface area (Å²) in [5.41, 5.74) is 2.63. The summed E-state index contributed by atoms with van der Waals surface area (Å²) in [7, 11) is 2.02. The van der Waals surface area contributed by atoms with Gasteiger partial charge in [-0.05, 0) is 55.0 Å². The van der Waals surface area contributed by atoms with Gasteiger partial charge in [0, 0.05) is 6.04 Å². The number of hydrogen-bond donors (Lipinski definition) is 1. The molecule has 0 bridgehead atoms. The molecule has 0 saturated heterocycles. The van der Waals surface area contributed by atoms with Gasteiger partial charge in [0.2, 0.25) is 0 Å². The van der Waals surface area contributed by atoms with E-state index in [-0.39, 0.29) is 5.82 Å². The first-order chi connectivity index (χ1) is 6.79. The predicted octanol–water partition coefficient (Wildman–Crippen LogP) is 2.07. The van der Waals surface area contributed by atoms with Crippen molar-refractivity contribution in [3.8, 4) is 0 Å². The Balaban J connectivity index is 1.94. The minimum atomic E-state index is -0.0916. The maximum Gasteiger partial charge on any atom is 0.123 e. The van der Waals surface area contributed by atoms with Crippen molar-refractivity contribution in [1.29, 1.82) is 0 Å². The van der Waals surface area contributed by atoms with Gasteiger partial charge < -0.3 is 5.32 Å². The van der Waals surface area contributed by atoms with Crippen molar-refractivity contribution in [3.05, 3.63) is 35.1 Å².